The first-order valence-electron chi connectivity index (χ1n) is 6.71. The lowest BCUT2D eigenvalue weighted by Gasteiger charge is -2.13. The molecule has 6 heteroatoms. The van der Waals surface area contributed by atoms with Crippen molar-refractivity contribution in [3.8, 4) is 0 Å². The highest BCUT2D eigenvalue weighted by Gasteiger charge is 2.00. The first-order chi connectivity index (χ1) is 8.60. The number of hydrogen-bond donors (Lipinski definition) is 2. The Morgan fingerprint density at radius 2 is 1.95 bits per heavy atom. The zero-order valence-corrected chi connectivity index (χ0v) is 14.8. The summed E-state index contributed by atoms with van der Waals surface area (Å²) in [6.07, 6.45) is 3.37. The van der Waals surface area contributed by atoms with Gasteiger partial charge in [-0.05, 0) is 33.6 Å². The van der Waals surface area contributed by atoms with Crippen molar-refractivity contribution in [3.63, 3.8) is 0 Å². The largest absolute Gasteiger partial charge is 0.469 e. The van der Waals surface area contributed by atoms with Gasteiger partial charge in [0.2, 0.25) is 0 Å². The van der Waals surface area contributed by atoms with Crippen LogP contribution in [0, 0.1) is 0 Å². The van der Waals surface area contributed by atoms with Gasteiger partial charge in [-0.3, -0.25) is 9.79 Å². The third-order valence-electron chi connectivity index (χ3n) is 2.31. The second-order valence-corrected chi connectivity index (χ2v) is 4.45. The molecule has 0 amide bonds. The monoisotopic (exact) mass is 385 g/mol. The zero-order chi connectivity index (χ0) is 13.8. The molecule has 0 aromatic heterocycles. The maximum absolute atomic E-state index is 10.9. The molecule has 0 aliphatic heterocycles. The molecule has 0 fully saturated rings. The number of rotatable bonds is 8. The SMILES string of the molecule is CCNC(=NCCCCCC(=O)OC)NC(C)C.I. The van der Waals surface area contributed by atoms with Crippen LogP contribution in [0.15, 0.2) is 4.99 Å². The van der Waals surface area contributed by atoms with Crippen LogP contribution in [0.5, 0.6) is 0 Å². The number of nitrogens with zero attached hydrogens (tertiary/aromatic N) is 1. The maximum atomic E-state index is 10.9. The first-order valence-corrected chi connectivity index (χ1v) is 6.71. The number of aliphatic imine (C=N–C) groups is 1. The molecule has 0 aromatic carbocycles. The minimum Gasteiger partial charge on any atom is -0.469 e. The number of carbonyl (C=O) groups is 1. The highest BCUT2D eigenvalue weighted by molar-refractivity contribution is 14.0. The van der Waals surface area contributed by atoms with E-state index in [1.54, 1.807) is 0 Å². The van der Waals surface area contributed by atoms with Crippen molar-refractivity contribution < 1.29 is 9.53 Å². The number of unbranched alkanes of at least 4 members (excludes halogenated alkanes) is 2. The number of ether oxygens (including phenoxy) is 1. The molecule has 114 valence electrons. The van der Waals surface area contributed by atoms with Crippen LogP contribution >= 0.6 is 24.0 Å². The molecule has 2 N–H and O–H groups in total. The number of guanidine groups is 1. The van der Waals surface area contributed by atoms with E-state index < -0.39 is 0 Å². The molecule has 0 aliphatic rings. The zero-order valence-electron chi connectivity index (χ0n) is 12.5. The lowest BCUT2D eigenvalue weighted by Crippen LogP contribution is -2.41. The van der Waals surface area contributed by atoms with Crippen molar-refractivity contribution in [3.05, 3.63) is 0 Å². The summed E-state index contributed by atoms with van der Waals surface area (Å²) in [6, 6.07) is 0.377. The van der Waals surface area contributed by atoms with Gasteiger partial charge in [0.1, 0.15) is 0 Å². The summed E-state index contributed by atoms with van der Waals surface area (Å²) in [6.45, 7) is 7.87. The molecule has 0 atom stereocenters. The Hall–Kier alpha value is -0.530. The smallest absolute Gasteiger partial charge is 0.305 e. The van der Waals surface area contributed by atoms with E-state index >= 15 is 0 Å². The van der Waals surface area contributed by atoms with Crippen molar-refractivity contribution in [2.45, 2.75) is 52.5 Å². The fourth-order valence-corrected chi connectivity index (χ4v) is 1.44. The molecule has 0 aliphatic carbocycles. The number of esters is 1. The van der Waals surface area contributed by atoms with Gasteiger partial charge < -0.3 is 15.4 Å². The molecular weight excluding hydrogens is 357 g/mol. The van der Waals surface area contributed by atoms with E-state index in [1.165, 1.54) is 7.11 Å². The van der Waals surface area contributed by atoms with E-state index in [4.69, 9.17) is 0 Å². The maximum Gasteiger partial charge on any atom is 0.305 e. The van der Waals surface area contributed by atoms with Crippen molar-refractivity contribution >= 4 is 35.9 Å². The van der Waals surface area contributed by atoms with Crippen LogP contribution in [0.4, 0.5) is 0 Å². The average Bonchev–Trinajstić information content (AvgIpc) is 2.32. The predicted molar refractivity (Wildman–Crippen MR) is 90.1 cm³/mol. The molecule has 0 saturated carbocycles. The normalized spacial score (nSPS) is 10.9. The van der Waals surface area contributed by atoms with E-state index in [0.717, 1.165) is 38.3 Å². The summed E-state index contributed by atoms with van der Waals surface area (Å²) in [5.74, 6) is 0.730. The summed E-state index contributed by atoms with van der Waals surface area (Å²) >= 11 is 0. The Morgan fingerprint density at radius 3 is 2.47 bits per heavy atom. The van der Waals surface area contributed by atoms with Gasteiger partial charge in [0.15, 0.2) is 5.96 Å². The van der Waals surface area contributed by atoms with Gasteiger partial charge in [-0.1, -0.05) is 6.42 Å². The topological polar surface area (TPSA) is 62.7 Å². The number of hydrogen-bond acceptors (Lipinski definition) is 3. The first kappa shape index (κ1) is 20.8. The third kappa shape index (κ3) is 13.7. The van der Waals surface area contributed by atoms with Gasteiger partial charge in [-0.15, -0.1) is 24.0 Å². The average molecular weight is 385 g/mol. The molecular formula is C13H28IN3O2. The lowest BCUT2D eigenvalue weighted by atomic mass is 10.2. The fraction of sp³-hybridized carbons (Fsp3) is 0.846. The van der Waals surface area contributed by atoms with E-state index in [0.29, 0.717) is 12.5 Å². The number of nitrogens with one attached hydrogen (secondary N) is 2. The van der Waals surface area contributed by atoms with Crippen molar-refractivity contribution in [1.29, 1.82) is 0 Å². The van der Waals surface area contributed by atoms with E-state index in [1.807, 2.05) is 6.92 Å². The van der Waals surface area contributed by atoms with Crippen LogP contribution in [-0.2, 0) is 9.53 Å². The number of methoxy groups -OCH3 is 1. The van der Waals surface area contributed by atoms with Crippen molar-refractivity contribution in [2.24, 2.45) is 4.99 Å². The molecule has 19 heavy (non-hydrogen) atoms. The standard InChI is InChI=1S/C13H27N3O2.HI/c1-5-14-13(16-11(2)3)15-10-8-6-7-9-12(17)18-4;/h11H,5-10H2,1-4H3,(H2,14,15,16);1H. The molecule has 0 radical (unpaired) electrons. The second kappa shape index (κ2) is 13.9. The van der Waals surface area contributed by atoms with Crippen LogP contribution in [-0.4, -0.2) is 38.2 Å². The summed E-state index contributed by atoms with van der Waals surface area (Å²) in [7, 11) is 1.42. The van der Waals surface area contributed by atoms with Gasteiger partial charge in [0.25, 0.3) is 0 Å². The molecule has 0 heterocycles. The van der Waals surface area contributed by atoms with Crippen molar-refractivity contribution in [2.75, 3.05) is 20.2 Å². The van der Waals surface area contributed by atoms with E-state index in [-0.39, 0.29) is 29.9 Å². The van der Waals surface area contributed by atoms with Gasteiger partial charge in [0, 0.05) is 25.6 Å². The van der Waals surface area contributed by atoms with Gasteiger partial charge in [-0.2, -0.15) is 0 Å². The van der Waals surface area contributed by atoms with Gasteiger partial charge in [0.05, 0.1) is 7.11 Å². The summed E-state index contributed by atoms with van der Waals surface area (Å²) in [5.41, 5.74) is 0. The summed E-state index contributed by atoms with van der Waals surface area (Å²) < 4.78 is 4.58. The number of carbonyl (C=O) groups excluding carboxylic acids is 1. The minimum absolute atomic E-state index is 0. The molecule has 0 unspecified atom stereocenters. The minimum atomic E-state index is -0.131. The second-order valence-electron chi connectivity index (χ2n) is 4.45. The lowest BCUT2D eigenvalue weighted by molar-refractivity contribution is -0.140. The predicted octanol–water partition coefficient (Wildman–Crippen LogP) is 2.30. The fourth-order valence-electron chi connectivity index (χ4n) is 1.44. The molecule has 0 saturated heterocycles. The Kier molecular flexibility index (Phi) is 15.2. The molecule has 0 aromatic rings. The number of halogens is 1. The summed E-state index contributed by atoms with van der Waals surface area (Å²) in [4.78, 5) is 15.4. The molecule has 0 spiro atoms. The Labute approximate surface area is 134 Å². The van der Waals surface area contributed by atoms with Crippen LogP contribution in [0.25, 0.3) is 0 Å². The summed E-state index contributed by atoms with van der Waals surface area (Å²) in [5, 5.41) is 6.46. The molecule has 0 rings (SSSR count). The van der Waals surface area contributed by atoms with Crippen LogP contribution in [0.2, 0.25) is 0 Å². The Balaban J connectivity index is 0. The van der Waals surface area contributed by atoms with Crippen LogP contribution < -0.4 is 10.6 Å². The van der Waals surface area contributed by atoms with E-state index in [2.05, 4.69) is 34.2 Å². The van der Waals surface area contributed by atoms with Crippen molar-refractivity contribution in [1.82, 2.24) is 10.6 Å². The molecule has 5 nitrogen and oxygen atoms in total. The van der Waals surface area contributed by atoms with Crippen LogP contribution in [0.1, 0.15) is 46.5 Å². The van der Waals surface area contributed by atoms with E-state index in [9.17, 15) is 4.79 Å². The molecule has 0 bridgehead atoms. The Bertz CT molecular complexity index is 258. The van der Waals surface area contributed by atoms with Crippen LogP contribution in [0.3, 0.4) is 0 Å². The Morgan fingerprint density at radius 1 is 1.26 bits per heavy atom. The highest BCUT2D eigenvalue weighted by atomic mass is 127. The quantitative estimate of drug-likeness (QED) is 0.221. The van der Waals surface area contributed by atoms with Gasteiger partial charge >= 0.3 is 5.97 Å². The third-order valence-corrected chi connectivity index (χ3v) is 2.31. The van der Waals surface area contributed by atoms with Gasteiger partial charge in [-0.25, -0.2) is 0 Å². The highest BCUT2D eigenvalue weighted by Crippen LogP contribution is 2.01.